The van der Waals surface area contributed by atoms with Crippen LogP contribution < -0.4 is 0 Å². The van der Waals surface area contributed by atoms with E-state index in [2.05, 4.69) is 30.0 Å². The molecule has 0 fully saturated rings. The molecule has 0 aliphatic carbocycles. The number of nitrogens with zero attached hydrogens (tertiary/aromatic N) is 3. The van der Waals surface area contributed by atoms with Crippen LogP contribution in [0.2, 0.25) is 0 Å². The van der Waals surface area contributed by atoms with Crippen LogP contribution >= 0.6 is 0 Å². The third kappa shape index (κ3) is 7.31. The summed E-state index contributed by atoms with van der Waals surface area (Å²) in [6.45, 7) is 2.97. The summed E-state index contributed by atoms with van der Waals surface area (Å²) in [5.41, 5.74) is 0. The van der Waals surface area contributed by atoms with Gasteiger partial charge in [-0.05, 0) is 21.1 Å². The lowest BCUT2D eigenvalue weighted by molar-refractivity contribution is 0.286. The van der Waals surface area contributed by atoms with E-state index in [1.54, 1.807) is 0 Å². The lowest BCUT2D eigenvalue weighted by atomic mass is 10.4. The minimum atomic E-state index is 0.629. The van der Waals surface area contributed by atoms with E-state index < -0.39 is 0 Å². The zero-order chi connectivity index (χ0) is 8.69. The number of rotatable bonds is 5. The lowest BCUT2D eigenvalue weighted by Gasteiger charge is -2.17. The molecule has 0 aliphatic rings. The molecule has 3 heteroatoms. The molecule has 3 nitrogen and oxygen atoms in total. The normalized spacial score (nSPS) is 10.5. The smallest absolute Gasteiger partial charge is 0.0635 e. The van der Waals surface area contributed by atoms with Gasteiger partial charge in [-0.25, -0.2) is 0 Å². The Morgan fingerprint density at radius 1 is 1.09 bits per heavy atom. The number of likely N-dealkylation sites (N-methyl/N-ethyl adjacent to an activating group) is 2. The molecule has 0 aromatic carbocycles. The highest BCUT2D eigenvalue weighted by Gasteiger charge is 1.97. The Kier molecular flexibility index (Phi) is 5.81. The van der Waals surface area contributed by atoms with Gasteiger partial charge in [-0.15, -0.1) is 0 Å². The minimum absolute atomic E-state index is 0.629. The summed E-state index contributed by atoms with van der Waals surface area (Å²) in [6, 6.07) is 2.13. The van der Waals surface area contributed by atoms with Crippen molar-refractivity contribution in [3.63, 3.8) is 0 Å². The Bertz CT molecular complexity index is 126. The van der Waals surface area contributed by atoms with Gasteiger partial charge in [-0.3, -0.25) is 0 Å². The Balaban J connectivity index is 3.23. The molecule has 0 rings (SSSR count). The summed E-state index contributed by atoms with van der Waals surface area (Å²) in [5, 5.41) is 8.31. The maximum absolute atomic E-state index is 8.31. The fraction of sp³-hybridized carbons (Fsp3) is 0.875. The molecular formula is C8H17N3. The first-order valence-electron chi connectivity index (χ1n) is 3.87. The summed E-state index contributed by atoms with van der Waals surface area (Å²) < 4.78 is 0. The molecule has 11 heavy (non-hydrogen) atoms. The average Bonchev–Trinajstić information content (AvgIpc) is 1.97. The van der Waals surface area contributed by atoms with Crippen LogP contribution in [0.4, 0.5) is 0 Å². The van der Waals surface area contributed by atoms with Crippen molar-refractivity contribution in [2.45, 2.75) is 6.42 Å². The molecule has 0 aliphatic heterocycles. The van der Waals surface area contributed by atoms with Crippen molar-refractivity contribution >= 4 is 0 Å². The second kappa shape index (κ2) is 6.14. The Morgan fingerprint density at radius 3 is 2.18 bits per heavy atom. The average molecular weight is 155 g/mol. The molecule has 0 unspecified atom stereocenters. The largest absolute Gasteiger partial charge is 0.308 e. The van der Waals surface area contributed by atoms with E-state index in [1.165, 1.54) is 0 Å². The van der Waals surface area contributed by atoms with Gasteiger partial charge in [-0.1, -0.05) is 0 Å². The third-order valence-corrected chi connectivity index (χ3v) is 1.53. The molecule has 0 radical (unpaired) electrons. The van der Waals surface area contributed by atoms with Gasteiger partial charge in [-0.2, -0.15) is 5.26 Å². The highest BCUT2D eigenvalue weighted by atomic mass is 15.1. The second-order valence-electron chi connectivity index (χ2n) is 3.01. The SMILES string of the molecule is CN(C)CCN(C)CCC#N. The number of hydrogen-bond donors (Lipinski definition) is 0. The van der Waals surface area contributed by atoms with Gasteiger partial charge in [0, 0.05) is 26.1 Å². The molecular weight excluding hydrogens is 138 g/mol. The Labute approximate surface area is 69.2 Å². The van der Waals surface area contributed by atoms with Crippen molar-refractivity contribution in [1.82, 2.24) is 9.80 Å². The van der Waals surface area contributed by atoms with Crippen molar-refractivity contribution in [2.24, 2.45) is 0 Å². The molecule has 0 aromatic rings. The van der Waals surface area contributed by atoms with E-state index in [0.717, 1.165) is 19.6 Å². The van der Waals surface area contributed by atoms with E-state index in [-0.39, 0.29) is 0 Å². The van der Waals surface area contributed by atoms with E-state index in [4.69, 9.17) is 5.26 Å². The van der Waals surface area contributed by atoms with E-state index in [1.807, 2.05) is 7.05 Å². The van der Waals surface area contributed by atoms with Gasteiger partial charge in [0.1, 0.15) is 0 Å². The maximum Gasteiger partial charge on any atom is 0.0635 e. The summed E-state index contributed by atoms with van der Waals surface area (Å²) in [4.78, 5) is 4.31. The summed E-state index contributed by atoms with van der Waals surface area (Å²) in [6.07, 6.45) is 0.629. The van der Waals surface area contributed by atoms with Gasteiger partial charge >= 0.3 is 0 Å². The van der Waals surface area contributed by atoms with Crippen LogP contribution in [-0.2, 0) is 0 Å². The summed E-state index contributed by atoms with van der Waals surface area (Å²) in [7, 11) is 6.15. The third-order valence-electron chi connectivity index (χ3n) is 1.53. The first-order valence-corrected chi connectivity index (χ1v) is 3.87. The van der Waals surface area contributed by atoms with Crippen LogP contribution in [0.25, 0.3) is 0 Å². The fourth-order valence-corrected chi connectivity index (χ4v) is 0.723. The standard InChI is InChI=1S/C8H17N3/c1-10(2)7-8-11(3)6-4-5-9/h4,6-8H2,1-3H3. The van der Waals surface area contributed by atoms with Crippen molar-refractivity contribution in [3.8, 4) is 6.07 Å². The molecule has 0 amide bonds. The molecule has 0 heterocycles. The van der Waals surface area contributed by atoms with E-state index in [0.29, 0.717) is 6.42 Å². The molecule has 0 aromatic heterocycles. The van der Waals surface area contributed by atoms with E-state index >= 15 is 0 Å². The predicted octanol–water partition coefficient (Wildman–Crippen LogP) is 0.393. The van der Waals surface area contributed by atoms with Gasteiger partial charge in [0.2, 0.25) is 0 Å². The highest BCUT2D eigenvalue weighted by molar-refractivity contribution is 4.70. The Morgan fingerprint density at radius 2 is 1.73 bits per heavy atom. The van der Waals surface area contributed by atoms with Crippen LogP contribution in [0.5, 0.6) is 0 Å². The zero-order valence-corrected chi connectivity index (χ0v) is 7.67. The van der Waals surface area contributed by atoms with Crippen molar-refractivity contribution in [2.75, 3.05) is 40.8 Å². The van der Waals surface area contributed by atoms with Gasteiger partial charge in [0.05, 0.1) is 6.07 Å². The molecule has 0 N–H and O–H groups in total. The predicted molar refractivity (Wildman–Crippen MR) is 46.3 cm³/mol. The molecule has 0 bridgehead atoms. The van der Waals surface area contributed by atoms with Gasteiger partial charge < -0.3 is 9.80 Å². The lowest BCUT2D eigenvalue weighted by Crippen LogP contribution is -2.29. The van der Waals surface area contributed by atoms with E-state index in [9.17, 15) is 0 Å². The topological polar surface area (TPSA) is 30.3 Å². The molecule has 0 saturated heterocycles. The minimum Gasteiger partial charge on any atom is -0.308 e. The van der Waals surface area contributed by atoms with Gasteiger partial charge in [0.15, 0.2) is 0 Å². The fourth-order valence-electron chi connectivity index (χ4n) is 0.723. The highest BCUT2D eigenvalue weighted by Crippen LogP contribution is 1.86. The molecule has 0 spiro atoms. The second-order valence-corrected chi connectivity index (χ2v) is 3.01. The van der Waals surface area contributed by atoms with Gasteiger partial charge in [0.25, 0.3) is 0 Å². The van der Waals surface area contributed by atoms with Crippen LogP contribution in [0.15, 0.2) is 0 Å². The zero-order valence-electron chi connectivity index (χ0n) is 7.67. The van der Waals surface area contributed by atoms with Crippen LogP contribution in [0.1, 0.15) is 6.42 Å². The van der Waals surface area contributed by atoms with Crippen molar-refractivity contribution in [3.05, 3.63) is 0 Å². The molecule has 0 atom stereocenters. The maximum atomic E-state index is 8.31. The Hall–Kier alpha value is -0.590. The number of hydrogen-bond acceptors (Lipinski definition) is 3. The summed E-state index contributed by atoms with van der Waals surface area (Å²) >= 11 is 0. The van der Waals surface area contributed by atoms with Crippen molar-refractivity contribution in [1.29, 1.82) is 5.26 Å². The monoisotopic (exact) mass is 155 g/mol. The van der Waals surface area contributed by atoms with Crippen LogP contribution in [-0.4, -0.2) is 50.6 Å². The van der Waals surface area contributed by atoms with Crippen LogP contribution in [0, 0.1) is 11.3 Å². The van der Waals surface area contributed by atoms with Crippen LogP contribution in [0.3, 0.4) is 0 Å². The summed E-state index contributed by atoms with van der Waals surface area (Å²) in [5.74, 6) is 0. The first kappa shape index (κ1) is 10.4. The number of nitriles is 1. The first-order chi connectivity index (χ1) is 5.16. The molecule has 64 valence electrons. The molecule has 0 saturated carbocycles. The van der Waals surface area contributed by atoms with Crippen molar-refractivity contribution < 1.29 is 0 Å². The quantitative estimate of drug-likeness (QED) is 0.575.